The van der Waals surface area contributed by atoms with Crippen molar-refractivity contribution in [3.05, 3.63) is 59.9 Å². The van der Waals surface area contributed by atoms with Gasteiger partial charge in [-0.25, -0.2) is 18.2 Å². The third kappa shape index (κ3) is 5.55. The average Bonchev–Trinajstić information content (AvgIpc) is 2.60. The van der Waals surface area contributed by atoms with Crippen LogP contribution in [-0.4, -0.2) is 40.4 Å². The van der Waals surface area contributed by atoms with Crippen LogP contribution in [0.1, 0.15) is 5.56 Å². The number of carbonyl (C=O) groups excluding carboxylic acids is 1. The number of halogens is 1. The van der Waals surface area contributed by atoms with Crippen molar-refractivity contribution in [1.82, 2.24) is 5.43 Å². The minimum atomic E-state index is -3.70. The Hall–Kier alpha value is -2.94. The minimum absolute atomic E-state index is 0.296. The third-order valence-electron chi connectivity index (χ3n) is 3.30. The van der Waals surface area contributed by atoms with Crippen LogP contribution in [0.25, 0.3) is 0 Å². The monoisotopic (exact) mass is 379 g/mol. The van der Waals surface area contributed by atoms with Gasteiger partial charge in [0.05, 0.1) is 25.3 Å². The van der Waals surface area contributed by atoms with Crippen molar-refractivity contribution in [2.24, 2.45) is 5.10 Å². The first-order chi connectivity index (χ1) is 12.3. The fourth-order valence-electron chi connectivity index (χ4n) is 2.06. The van der Waals surface area contributed by atoms with Crippen molar-refractivity contribution in [2.45, 2.75) is 0 Å². The summed E-state index contributed by atoms with van der Waals surface area (Å²) in [6, 6.07) is 11.9. The Morgan fingerprint density at radius 2 is 1.96 bits per heavy atom. The Labute approximate surface area is 151 Å². The number of nitrogens with one attached hydrogen (secondary N) is 1. The van der Waals surface area contributed by atoms with Gasteiger partial charge in [-0.3, -0.25) is 9.10 Å². The van der Waals surface area contributed by atoms with Gasteiger partial charge in [0.2, 0.25) is 10.0 Å². The molecule has 26 heavy (non-hydrogen) atoms. The second-order valence-electron chi connectivity index (χ2n) is 5.32. The van der Waals surface area contributed by atoms with E-state index in [1.165, 1.54) is 43.7 Å². The van der Waals surface area contributed by atoms with Crippen molar-refractivity contribution >= 4 is 27.8 Å². The summed E-state index contributed by atoms with van der Waals surface area (Å²) in [6.07, 6.45) is 2.33. The summed E-state index contributed by atoms with van der Waals surface area (Å²) in [5.41, 5.74) is 3.12. The number of hydrazone groups is 1. The highest BCUT2D eigenvalue weighted by Gasteiger charge is 2.21. The number of ether oxygens (including phenoxy) is 1. The summed E-state index contributed by atoms with van der Waals surface area (Å²) >= 11 is 0. The molecule has 0 aliphatic carbocycles. The summed E-state index contributed by atoms with van der Waals surface area (Å²) in [6.45, 7) is -0.452. The van der Waals surface area contributed by atoms with Gasteiger partial charge in [0.1, 0.15) is 18.1 Å². The van der Waals surface area contributed by atoms with E-state index in [9.17, 15) is 17.6 Å². The van der Waals surface area contributed by atoms with Crippen LogP contribution in [0.4, 0.5) is 10.1 Å². The molecule has 0 spiro atoms. The van der Waals surface area contributed by atoms with Crippen molar-refractivity contribution in [2.75, 3.05) is 24.2 Å². The van der Waals surface area contributed by atoms with Crippen LogP contribution in [-0.2, 0) is 14.8 Å². The highest BCUT2D eigenvalue weighted by Crippen LogP contribution is 2.22. The molecule has 0 heterocycles. The molecule has 9 heteroatoms. The molecular weight excluding hydrogens is 361 g/mol. The Balaban J connectivity index is 2.08. The normalized spacial score (nSPS) is 11.3. The maximum atomic E-state index is 12.8. The van der Waals surface area contributed by atoms with E-state index < -0.39 is 22.5 Å². The molecule has 0 saturated carbocycles. The number of anilines is 1. The van der Waals surface area contributed by atoms with Crippen LogP contribution in [0, 0.1) is 5.82 Å². The van der Waals surface area contributed by atoms with E-state index in [4.69, 9.17) is 4.74 Å². The number of carbonyl (C=O) groups is 1. The van der Waals surface area contributed by atoms with E-state index in [0.29, 0.717) is 17.0 Å². The number of hydrogen-bond donors (Lipinski definition) is 1. The van der Waals surface area contributed by atoms with Gasteiger partial charge < -0.3 is 4.74 Å². The first-order valence-corrected chi connectivity index (χ1v) is 9.33. The van der Waals surface area contributed by atoms with Crippen LogP contribution < -0.4 is 14.5 Å². The molecular formula is C17H18FN3O4S. The number of hydrogen-bond acceptors (Lipinski definition) is 5. The molecule has 138 valence electrons. The van der Waals surface area contributed by atoms with Gasteiger partial charge in [-0.15, -0.1) is 0 Å². The van der Waals surface area contributed by atoms with E-state index in [0.717, 1.165) is 10.6 Å². The zero-order valence-corrected chi connectivity index (χ0v) is 15.0. The first-order valence-electron chi connectivity index (χ1n) is 7.49. The molecule has 1 amide bonds. The molecule has 0 bridgehead atoms. The largest absolute Gasteiger partial charge is 0.497 e. The minimum Gasteiger partial charge on any atom is -0.497 e. The molecule has 0 atom stereocenters. The molecule has 7 nitrogen and oxygen atoms in total. The molecule has 0 aliphatic heterocycles. The summed E-state index contributed by atoms with van der Waals surface area (Å²) in [4.78, 5) is 12.1. The van der Waals surface area contributed by atoms with Gasteiger partial charge in [0.15, 0.2) is 0 Å². The topological polar surface area (TPSA) is 88.1 Å². The lowest BCUT2D eigenvalue weighted by molar-refractivity contribution is -0.119. The van der Waals surface area contributed by atoms with Crippen molar-refractivity contribution in [1.29, 1.82) is 0 Å². The average molecular weight is 379 g/mol. The van der Waals surface area contributed by atoms with Gasteiger partial charge in [0.25, 0.3) is 5.91 Å². The highest BCUT2D eigenvalue weighted by atomic mass is 32.2. The van der Waals surface area contributed by atoms with Gasteiger partial charge in [-0.2, -0.15) is 5.10 Å². The van der Waals surface area contributed by atoms with Gasteiger partial charge >= 0.3 is 0 Å². The molecule has 0 saturated heterocycles. The maximum absolute atomic E-state index is 12.8. The predicted octanol–water partition coefficient (Wildman–Crippen LogP) is 1.75. The van der Waals surface area contributed by atoms with E-state index >= 15 is 0 Å². The number of methoxy groups -OCH3 is 1. The van der Waals surface area contributed by atoms with Gasteiger partial charge in [-0.05, 0) is 29.8 Å². The van der Waals surface area contributed by atoms with Crippen LogP contribution in [0.5, 0.6) is 5.75 Å². The van der Waals surface area contributed by atoms with Crippen LogP contribution in [0.15, 0.2) is 53.6 Å². The number of sulfonamides is 1. The first kappa shape index (κ1) is 19.4. The smallest absolute Gasteiger partial charge is 0.260 e. The molecule has 0 fully saturated rings. The van der Waals surface area contributed by atoms with Crippen molar-refractivity contribution in [3.63, 3.8) is 0 Å². The Kier molecular flexibility index (Phi) is 6.29. The lowest BCUT2D eigenvalue weighted by Crippen LogP contribution is -2.39. The van der Waals surface area contributed by atoms with Crippen LogP contribution in [0.2, 0.25) is 0 Å². The van der Waals surface area contributed by atoms with Crippen LogP contribution >= 0.6 is 0 Å². The Bertz CT molecular complexity index is 898. The predicted molar refractivity (Wildman–Crippen MR) is 97.3 cm³/mol. The molecule has 2 rings (SSSR count). The highest BCUT2D eigenvalue weighted by molar-refractivity contribution is 7.92. The second kappa shape index (κ2) is 8.43. The number of nitrogens with zero attached hydrogens (tertiary/aromatic N) is 2. The van der Waals surface area contributed by atoms with Gasteiger partial charge in [0, 0.05) is 6.07 Å². The number of benzene rings is 2. The quantitative estimate of drug-likeness (QED) is 0.586. The second-order valence-corrected chi connectivity index (χ2v) is 7.22. The number of rotatable bonds is 7. The molecule has 0 radical (unpaired) electrons. The van der Waals surface area contributed by atoms with E-state index in [1.807, 2.05) is 0 Å². The van der Waals surface area contributed by atoms with E-state index in [2.05, 4.69) is 10.5 Å². The zero-order valence-electron chi connectivity index (χ0n) is 14.2. The Morgan fingerprint density at radius 3 is 2.58 bits per heavy atom. The molecule has 1 N–H and O–H groups in total. The summed E-state index contributed by atoms with van der Waals surface area (Å²) in [5.74, 6) is -0.546. The summed E-state index contributed by atoms with van der Waals surface area (Å²) in [5, 5.41) is 3.74. The summed E-state index contributed by atoms with van der Waals surface area (Å²) in [7, 11) is -2.24. The third-order valence-corrected chi connectivity index (χ3v) is 4.44. The van der Waals surface area contributed by atoms with Crippen LogP contribution in [0.3, 0.4) is 0 Å². The molecule has 0 aliphatic rings. The standard InChI is InChI=1S/C17H18FN3O4S/c1-25-16-5-3-4-15(10-16)21(26(2,23)24)12-17(22)20-19-11-13-6-8-14(18)9-7-13/h3-11H,12H2,1-2H3,(H,20,22)/b19-11-. The molecule has 2 aromatic carbocycles. The van der Waals surface area contributed by atoms with Crippen molar-refractivity contribution in [3.8, 4) is 5.75 Å². The molecule has 0 unspecified atom stereocenters. The fourth-order valence-corrected chi connectivity index (χ4v) is 2.91. The number of amides is 1. The zero-order chi connectivity index (χ0) is 19.2. The van der Waals surface area contributed by atoms with E-state index in [1.54, 1.807) is 18.2 Å². The molecule has 0 aromatic heterocycles. The molecule has 2 aromatic rings. The SMILES string of the molecule is COc1cccc(N(CC(=O)N/N=C\c2ccc(F)cc2)S(C)(=O)=O)c1. The summed E-state index contributed by atoms with van der Waals surface area (Å²) < 4.78 is 42.9. The maximum Gasteiger partial charge on any atom is 0.260 e. The van der Waals surface area contributed by atoms with Gasteiger partial charge in [-0.1, -0.05) is 18.2 Å². The fraction of sp³-hybridized carbons (Fsp3) is 0.176. The lowest BCUT2D eigenvalue weighted by atomic mass is 10.2. The van der Waals surface area contributed by atoms with E-state index in [-0.39, 0.29) is 5.82 Å². The van der Waals surface area contributed by atoms with Crippen molar-refractivity contribution < 1.29 is 22.3 Å². The Morgan fingerprint density at radius 1 is 1.27 bits per heavy atom. The lowest BCUT2D eigenvalue weighted by Gasteiger charge is -2.21.